The Morgan fingerprint density at radius 2 is 1.94 bits per heavy atom. The van der Waals surface area contributed by atoms with Gasteiger partial charge in [0, 0.05) is 6.54 Å². The van der Waals surface area contributed by atoms with Gasteiger partial charge in [0.1, 0.15) is 5.82 Å². The van der Waals surface area contributed by atoms with Crippen molar-refractivity contribution in [2.24, 2.45) is 5.41 Å². The fraction of sp³-hybridized carbons (Fsp3) is 0.571. The first-order valence-electron chi connectivity index (χ1n) is 5.84. The Kier molecular flexibility index (Phi) is 4.48. The first-order chi connectivity index (χ1) is 7.38. The molecule has 16 heavy (non-hydrogen) atoms. The molecule has 0 spiro atoms. The highest BCUT2D eigenvalue weighted by molar-refractivity contribution is 5.26. The van der Waals surface area contributed by atoms with Gasteiger partial charge in [0.15, 0.2) is 0 Å². The van der Waals surface area contributed by atoms with Crippen molar-refractivity contribution < 1.29 is 4.39 Å². The maximum atomic E-state index is 12.9. The third-order valence-electron chi connectivity index (χ3n) is 2.67. The van der Waals surface area contributed by atoms with E-state index >= 15 is 0 Å². The van der Waals surface area contributed by atoms with Crippen LogP contribution in [0, 0.1) is 18.2 Å². The third kappa shape index (κ3) is 4.75. The molecule has 0 atom stereocenters. The number of benzene rings is 1. The molecule has 0 heterocycles. The molecule has 90 valence electrons. The van der Waals surface area contributed by atoms with E-state index in [1.165, 1.54) is 11.6 Å². The van der Waals surface area contributed by atoms with Crippen LogP contribution in [0.1, 0.15) is 38.3 Å². The highest BCUT2D eigenvalue weighted by atomic mass is 19.1. The molecular formula is C14H22FN. The van der Waals surface area contributed by atoms with Crippen molar-refractivity contribution in [2.45, 2.75) is 40.7 Å². The van der Waals surface area contributed by atoms with Gasteiger partial charge in [-0.3, -0.25) is 0 Å². The molecule has 0 saturated heterocycles. The van der Waals surface area contributed by atoms with Crippen molar-refractivity contribution in [1.29, 1.82) is 0 Å². The van der Waals surface area contributed by atoms with Crippen molar-refractivity contribution >= 4 is 0 Å². The zero-order valence-corrected chi connectivity index (χ0v) is 10.7. The molecule has 0 bridgehead atoms. The van der Waals surface area contributed by atoms with E-state index in [9.17, 15) is 4.39 Å². The molecule has 1 rings (SSSR count). The van der Waals surface area contributed by atoms with Gasteiger partial charge < -0.3 is 5.32 Å². The molecule has 1 aromatic carbocycles. The summed E-state index contributed by atoms with van der Waals surface area (Å²) in [4.78, 5) is 0. The highest BCUT2D eigenvalue weighted by Gasteiger charge is 2.08. The molecular weight excluding hydrogens is 201 g/mol. The zero-order chi connectivity index (χ0) is 12.2. The predicted octanol–water partition coefficient (Wildman–Crippen LogP) is 3.66. The molecule has 1 nitrogen and oxygen atoms in total. The Labute approximate surface area is 98.1 Å². The third-order valence-corrected chi connectivity index (χ3v) is 2.67. The van der Waals surface area contributed by atoms with Crippen molar-refractivity contribution in [3.05, 3.63) is 35.1 Å². The average Bonchev–Trinajstić information content (AvgIpc) is 2.13. The van der Waals surface area contributed by atoms with E-state index in [0.717, 1.165) is 25.1 Å². The van der Waals surface area contributed by atoms with Gasteiger partial charge in [0.25, 0.3) is 0 Å². The second-order valence-corrected chi connectivity index (χ2v) is 5.56. The van der Waals surface area contributed by atoms with Crippen LogP contribution in [-0.2, 0) is 6.54 Å². The molecule has 0 unspecified atom stereocenters. The molecule has 0 saturated carbocycles. The molecule has 0 fully saturated rings. The van der Waals surface area contributed by atoms with Gasteiger partial charge in [0.2, 0.25) is 0 Å². The summed E-state index contributed by atoms with van der Waals surface area (Å²) in [7, 11) is 0. The number of hydrogen-bond donors (Lipinski definition) is 1. The molecule has 0 aliphatic rings. The summed E-state index contributed by atoms with van der Waals surface area (Å²) in [6.45, 7) is 10.5. The first kappa shape index (κ1) is 13.2. The zero-order valence-electron chi connectivity index (χ0n) is 10.7. The van der Waals surface area contributed by atoms with Crippen LogP contribution in [-0.4, -0.2) is 6.54 Å². The van der Waals surface area contributed by atoms with E-state index in [4.69, 9.17) is 0 Å². The Balaban J connectivity index is 2.38. The van der Waals surface area contributed by atoms with Crippen LogP contribution in [0.4, 0.5) is 4.39 Å². The van der Waals surface area contributed by atoms with Gasteiger partial charge in [-0.2, -0.15) is 0 Å². The normalized spacial score (nSPS) is 11.8. The quantitative estimate of drug-likeness (QED) is 0.768. The second kappa shape index (κ2) is 5.44. The van der Waals surface area contributed by atoms with E-state index in [-0.39, 0.29) is 5.82 Å². The second-order valence-electron chi connectivity index (χ2n) is 5.56. The van der Waals surface area contributed by atoms with Crippen LogP contribution in [0.2, 0.25) is 0 Å². The van der Waals surface area contributed by atoms with Gasteiger partial charge in [-0.1, -0.05) is 26.8 Å². The number of rotatable bonds is 4. The molecule has 1 aromatic rings. The maximum Gasteiger partial charge on any atom is 0.123 e. The molecule has 2 heteroatoms. The van der Waals surface area contributed by atoms with Crippen molar-refractivity contribution in [3.8, 4) is 0 Å². The Hall–Kier alpha value is -0.890. The van der Waals surface area contributed by atoms with Gasteiger partial charge in [0.05, 0.1) is 0 Å². The number of aryl methyl sites for hydroxylation is 1. The SMILES string of the molecule is Cc1cc(F)ccc1CNCCC(C)(C)C. The van der Waals surface area contributed by atoms with Crippen LogP contribution in [0.5, 0.6) is 0 Å². The molecule has 0 radical (unpaired) electrons. The summed E-state index contributed by atoms with van der Waals surface area (Å²) in [5.41, 5.74) is 2.56. The molecule has 0 amide bonds. The summed E-state index contributed by atoms with van der Waals surface area (Å²) in [6, 6.07) is 4.96. The summed E-state index contributed by atoms with van der Waals surface area (Å²) in [6.07, 6.45) is 1.15. The van der Waals surface area contributed by atoms with Crippen LogP contribution in [0.3, 0.4) is 0 Å². The van der Waals surface area contributed by atoms with Crippen molar-refractivity contribution in [1.82, 2.24) is 5.32 Å². The molecule has 0 aromatic heterocycles. The van der Waals surface area contributed by atoms with E-state index in [1.807, 2.05) is 13.0 Å². The summed E-state index contributed by atoms with van der Waals surface area (Å²) in [5.74, 6) is -0.157. The van der Waals surface area contributed by atoms with E-state index < -0.39 is 0 Å². The van der Waals surface area contributed by atoms with Gasteiger partial charge in [-0.05, 0) is 48.6 Å². The van der Waals surface area contributed by atoms with E-state index in [2.05, 4.69) is 26.1 Å². The average molecular weight is 223 g/mol. The molecule has 0 aliphatic carbocycles. The lowest BCUT2D eigenvalue weighted by Crippen LogP contribution is -2.20. The minimum Gasteiger partial charge on any atom is -0.313 e. The van der Waals surface area contributed by atoms with Gasteiger partial charge in [-0.25, -0.2) is 4.39 Å². The van der Waals surface area contributed by atoms with Crippen LogP contribution in [0.15, 0.2) is 18.2 Å². The first-order valence-corrected chi connectivity index (χ1v) is 5.84. The van der Waals surface area contributed by atoms with E-state index in [1.54, 1.807) is 6.07 Å². The van der Waals surface area contributed by atoms with Crippen LogP contribution >= 0.6 is 0 Å². The summed E-state index contributed by atoms with van der Waals surface area (Å²) < 4.78 is 12.9. The largest absolute Gasteiger partial charge is 0.313 e. The maximum absolute atomic E-state index is 12.9. The lowest BCUT2D eigenvalue weighted by molar-refractivity contribution is 0.366. The van der Waals surface area contributed by atoms with Gasteiger partial charge >= 0.3 is 0 Å². The summed E-state index contributed by atoms with van der Waals surface area (Å²) in [5, 5.41) is 3.40. The predicted molar refractivity (Wildman–Crippen MR) is 66.9 cm³/mol. The van der Waals surface area contributed by atoms with Gasteiger partial charge in [-0.15, -0.1) is 0 Å². The van der Waals surface area contributed by atoms with Crippen molar-refractivity contribution in [3.63, 3.8) is 0 Å². The van der Waals surface area contributed by atoms with Crippen molar-refractivity contribution in [2.75, 3.05) is 6.54 Å². The Bertz CT molecular complexity index is 339. The molecule has 0 aliphatic heterocycles. The number of nitrogens with one attached hydrogen (secondary N) is 1. The minimum absolute atomic E-state index is 0.157. The monoisotopic (exact) mass is 223 g/mol. The number of halogens is 1. The lowest BCUT2D eigenvalue weighted by atomic mass is 9.92. The van der Waals surface area contributed by atoms with Crippen LogP contribution < -0.4 is 5.32 Å². The Morgan fingerprint density at radius 1 is 1.25 bits per heavy atom. The fourth-order valence-electron chi connectivity index (χ4n) is 1.54. The number of hydrogen-bond acceptors (Lipinski definition) is 1. The lowest BCUT2D eigenvalue weighted by Gasteiger charge is -2.18. The standard InChI is InChI=1S/C14H22FN/c1-11-9-13(15)6-5-12(11)10-16-8-7-14(2,3)4/h5-6,9,16H,7-8,10H2,1-4H3. The summed E-state index contributed by atoms with van der Waals surface area (Å²) >= 11 is 0. The van der Waals surface area contributed by atoms with Crippen LogP contribution in [0.25, 0.3) is 0 Å². The minimum atomic E-state index is -0.157. The topological polar surface area (TPSA) is 12.0 Å². The smallest absolute Gasteiger partial charge is 0.123 e. The molecule has 1 N–H and O–H groups in total. The highest BCUT2D eigenvalue weighted by Crippen LogP contribution is 2.17. The fourth-order valence-corrected chi connectivity index (χ4v) is 1.54. The Morgan fingerprint density at radius 3 is 2.50 bits per heavy atom. The van der Waals surface area contributed by atoms with E-state index in [0.29, 0.717) is 5.41 Å².